The van der Waals surface area contributed by atoms with Crippen molar-refractivity contribution in [1.29, 1.82) is 0 Å². The molecule has 0 fully saturated rings. The van der Waals surface area contributed by atoms with E-state index in [4.69, 9.17) is 0 Å². The van der Waals surface area contributed by atoms with Crippen molar-refractivity contribution >= 4 is 110 Å². The van der Waals surface area contributed by atoms with Crippen molar-refractivity contribution in [1.82, 2.24) is 0 Å². The Morgan fingerprint density at radius 3 is 1.32 bits per heavy atom. The second-order valence-electron chi connectivity index (χ2n) is 5.50. The summed E-state index contributed by atoms with van der Waals surface area (Å²) in [5.74, 6) is -0.225. The number of thiophene rings is 2. The van der Waals surface area contributed by atoms with Gasteiger partial charge in [-0.3, -0.25) is 9.59 Å². The largest absolute Gasteiger partial charge is 0.289 e. The van der Waals surface area contributed by atoms with E-state index in [-0.39, 0.29) is 11.6 Å². The molecule has 0 spiro atoms. The molecule has 0 radical (unpaired) electrons. The minimum atomic E-state index is -0.113. The second kappa shape index (κ2) is 9.91. The summed E-state index contributed by atoms with van der Waals surface area (Å²) >= 11 is 16.8. The fourth-order valence-corrected chi connectivity index (χ4v) is 7.22. The third-order valence-corrected chi connectivity index (χ3v) is 8.64. The summed E-state index contributed by atoms with van der Waals surface area (Å²) in [5.41, 5.74) is 1.07. The Bertz CT molecular complexity index is 1000. The Kier molecular flexibility index (Phi) is 7.81. The number of rotatable bonds is 6. The van der Waals surface area contributed by atoms with Gasteiger partial charge >= 0.3 is 0 Å². The van der Waals surface area contributed by atoms with Gasteiger partial charge in [-0.2, -0.15) is 0 Å². The van der Waals surface area contributed by atoms with Crippen molar-refractivity contribution in [2.75, 3.05) is 0 Å². The molecule has 3 aromatic rings. The summed E-state index contributed by atoms with van der Waals surface area (Å²) < 4.78 is 3.85. The van der Waals surface area contributed by atoms with E-state index in [1.807, 2.05) is 12.1 Å². The zero-order valence-electron chi connectivity index (χ0n) is 13.9. The van der Waals surface area contributed by atoms with E-state index in [0.29, 0.717) is 11.1 Å². The number of allylic oxidation sites excluding steroid dienone is 2. The molecule has 1 aromatic carbocycles. The normalized spacial score (nSPS) is 11.6. The number of hydrogen-bond acceptors (Lipinski definition) is 4. The molecule has 2 aromatic heterocycles. The van der Waals surface area contributed by atoms with Crippen LogP contribution in [0.25, 0.3) is 12.2 Å². The predicted molar refractivity (Wildman–Crippen MR) is 133 cm³/mol. The van der Waals surface area contributed by atoms with Crippen molar-refractivity contribution in [3.63, 3.8) is 0 Å². The summed E-state index contributed by atoms with van der Waals surface area (Å²) in [7, 11) is 0. The van der Waals surface area contributed by atoms with Gasteiger partial charge in [-0.1, -0.05) is 24.3 Å². The Morgan fingerprint density at radius 2 is 1.04 bits per heavy atom. The summed E-state index contributed by atoms with van der Waals surface area (Å²) in [6, 6.07) is 10.6. The molecular weight excluding hydrogens is 656 g/mol. The van der Waals surface area contributed by atoms with Gasteiger partial charge in [0.1, 0.15) is 0 Å². The smallest absolute Gasteiger partial charge is 0.185 e. The van der Waals surface area contributed by atoms with Crippen molar-refractivity contribution < 1.29 is 9.59 Å². The molecule has 0 bridgehead atoms. The topological polar surface area (TPSA) is 34.1 Å². The molecule has 28 heavy (non-hydrogen) atoms. The molecular formula is C20H10Br4O2S2. The lowest BCUT2D eigenvalue weighted by Gasteiger charge is -1.99. The first-order valence-electron chi connectivity index (χ1n) is 7.78. The maximum atomic E-state index is 12.4. The molecule has 0 atom stereocenters. The lowest BCUT2D eigenvalue weighted by molar-refractivity contribution is 0.103. The minimum Gasteiger partial charge on any atom is -0.289 e. The number of carbonyl (C=O) groups is 2. The van der Waals surface area contributed by atoms with Crippen LogP contribution < -0.4 is 0 Å². The average Bonchev–Trinajstić information content (AvgIpc) is 3.17. The summed E-state index contributed by atoms with van der Waals surface area (Å²) in [6.45, 7) is 0. The second-order valence-corrected chi connectivity index (χ2v) is 12.1. The zero-order chi connectivity index (χ0) is 20.3. The van der Waals surface area contributed by atoms with Crippen molar-refractivity contribution in [3.8, 4) is 0 Å². The fourth-order valence-electron chi connectivity index (χ4n) is 2.23. The molecule has 2 heterocycles. The van der Waals surface area contributed by atoms with Crippen LogP contribution in [-0.4, -0.2) is 11.6 Å². The van der Waals surface area contributed by atoms with Gasteiger partial charge in [-0.25, -0.2) is 0 Å². The van der Waals surface area contributed by atoms with Gasteiger partial charge in [0.25, 0.3) is 0 Å². The zero-order valence-corrected chi connectivity index (χ0v) is 21.9. The quantitative estimate of drug-likeness (QED) is 0.195. The van der Waals surface area contributed by atoms with Gasteiger partial charge in [0.15, 0.2) is 11.6 Å². The number of carbonyl (C=O) groups excluding carboxylic acids is 2. The molecule has 142 valence electrons. The molecule has 0 aliphatic heterocycles. The Hall–Kier alpha value is -0.640. The molecule has 0 aliphatic carbocycles. The lowest BCUT2D eigenvalue weighted by atomic mass is 10.0. The molecule has 0 amide bonds. The molecule has 8 heteroatoms. The average molecular weight is 666 g/mol. The monoisotopic (exact) mass is 662 g/mol. The minimum absolute atomic E-state index is 0.113. The molecule has 0 saturated heterocycles. The summed E-state index contributed by atoms with van der Waals surface area (Å²) in [5, 5.41) is 0. The number of halogens is 4. The van der Waals surface area contributed by atoms with Gasteiger partial charge < -0.3 is 0 Å². The third kappa shape index (κ3) is 5.70. The van der Waals surface area contributed by atoms with Crippen LogP contribution in [0.4, 0.5) is 0 Å². The lowest BCUT2D eigenvalue weighted by Crippen LogP contribution is -1.98. The highest BCUT2D eigenvalue weighted by Gasteiger charge is 2.08. The van der Waals surface area contributed by atoms with Crippen molar-refractivity contribution in [3.05, 3.63) is 85.9 Å². The van der Waals surface area contributed by atoms with Crippen LogP contribution in [0.15, 0.2) is 65.1 Å². The van der Waals surface area contributed by atoms with E-state index in [1.54, 1.807) is 36.4 Å². The summed E-state index contributed by atoms with van der Waals surface area (Å²) in [6.07, 6.45) is 6.62. The van der Waals surface area contributed by atoms with Crippen LogP contribution >= 0.6 is 86.4 Å². The van der Waals surface area contributed by atoms with Crippen LogP contribution in [0, 0.1) is 0 Å². The van der Waals surface area contributed by atoms with Crippen LogP contribution in [0.3, 0.4) is 0 Å². The summed E-state index contributed by atoms with van der Waals surface area (Å²) in [4.78, 5) is 26.6. The van der Waals surface area contributed by atoms with Crippen molar-refractivity contribution in [2.45, 2.75) is 0 Å². The van der Waals surface area contributed by atoms with E-state index < -0.39 is 0 Å². The molecule has 0 aliphatic rings. The van der Waals surface area contributed by atoms with Gasteiger partial charge in [-0.05, 0) is 100 Å². The molecule has 2 nitrogen and oxygen atoms in total. The Labute approximate surface area is 203 Å². The third-order valence-electron chi connectivity index (χ3n) is 3.59. The number of ketones is 2. The van der Waals surface area contributed by atoms with E-state index >= 15 is 0 Å². The van der Waals surface area contributed by atoms with Crippen molar-refractivity contribution in [2.24, 2.45) is 0 Å². The molecule has 0 N–H and O–H groups in total. The highest BCUT2D eigenvalue weighted by molar-refractivity contribution is 9.12. The number of benzene rings is 1. The molecule has 0 unspecified atom stereocenters. The fraction of sp³-hybridized carbons (Fsp3) is 0. The standard InChI is InChI=1S/C20H10Br4O2S2/c21-13-9-19(23)27-17(13)7-5-15(25)11-1-2-12(4-3-11)16(26)6-8-18-14(22)10-20(24)28-18/h1-10H. The predicted octanol–water partition coefficient (Wildman–Crippen LogP) is 8.65. The first kappa shape index (κ1) is 22.1. The van der Waals surface area contributed by atoms with E-state index in [2.05, 4.69) is 63.7 Å². The Morgan fingerprint density at radius 1 is 0.679 bits per heavy atom. The number of hydrogen-bond donors (Lipinski definition) is 0. The van der Waals surface area contributed by atoms with E-state index in [0.717, 1.165) is 26.3 Å². The Balaban J connectivity index is 1.68. The molecule has 3 rings (SSSR count). The highest BCUT2D eigenvalue weighted by Crippen LogP contribution is 2.33. The van der Waals surface area contributed by atoms with Crippen LogP contribution in [0.1, 0.15) is 30.5 Å². The van der Waals surface area contributed by atoms with Crippen LogP contribution in [-0.2, 0) is 0 Å². The van der Waals surface area contributed by atoms with E-state index in [1.165, 1.54) is 34.8 Å². The van der Waals surface area contributed by atoms with Gasteiger partial charge in [0, 0.05) is 29.8 Å². The van der Waals surface area contributed by atoms with Gasteiger partial charge in [0.2, 0.25) is 0 Å². The maximum Gasteiger partial charge on any atom is 0.185 e. The molecule has 0 saturated carbocycles. The van der Waals surface area contributed by atoms with E-state index in [9.17, 15) is 9.59 Å². The van der Waals surface area contributed by atoms with Crippen LogP contribution in [0.2, 0.25) is 0 Å². The van der Waals surface area contributed by atoms with Crippen LogP contribution in [0.5, 0.6) is 0 Å². The first-order valence-corrected chi connectivity index (χ1v) is 12.6. The maximum absolute atomic E-state index is 12.4. The first-order chi connectivity index (χ1) is 13.3. The highest BCUT2D eigenvalue weighted by atomic mass is 79.9. The van der Waals surface area contributed by atoms with Gasteiger partial charge in [-0.15, -0.1) is 22.7 Å². The SMILES string of the molecule is O=C(C=Cc1sc(Br)cc1Br)c1ccc(C(=O)C=Cc2sc(Br)cc2Br)cc1. The van der Waals surface area contributed by atoms with Gasteiger partial charge in [0.05, 0.1) is 7.57 Å².